The van der Waals surface area contributed by atoms with Crippen molar-refractivity contribution in [3.63, 3.8) is 0 Å². The largest absolute Gasteiger partial charge is 0.389 e. The highest BCUT2D eigenvalue weighted by Gasteiger charge is 2.41. The Morgan fingerprint density at radius 1 is 1.29 bits per heavy atom. The topological polar surface area (TPSA) is 32.3 Å². The average Bonchev–Trinajstić information content (AvgIpc) is 2.46. The lowest BCUT2D eigenvalue weighted by atomic mass is 9.85. The second kappa shape index (κ2) is 3.92. The lowest BCUT2D eigenvalue weighted by molar-refractivity contribution is -0.00185. The van der Waals surface area contributed by atoms with E-state index in [2.05, 4.69) is 17.2 Å². The first-order chi connectivity index (χ1) is 6.72. The molecule has 78 valence electrons. The van der Waals surface area contributed by atoms with Gasteiger partial charge in [0.15, 0.2) is 0 Å². The minimum absolute atomic E-state index is 0.501. The van der Waals surface area contributed by atoms with Crippen molar-refractivity contribution in [2.24, 2.45) is 0 Å². The molecule has 2 unspecified atom stereocenters. The molecule has 2 aliphatic rings. The molecule has 2 bridgehead atoms. The fourth-order valence-corrected chi connectivity index (χ4v) is 2.72. The molecule has 0 aromatic carbocycles. The molecule has 0 radical (unpaired) electrons. The minimum Gasteiger partial charge on any atom is -0.389 e. The molecular weight excluding hydrogens is 174 g/mol. The van der Waals surface area contributed by atoms with E-state index < -0.39 is 5.60 Å². The maximum atomic E-state index is 10.3. The van der Waals surface area contributed by atoms with Crippen molar-refractivity contribution < 1.29 is 5.11 Å². The molecule has 0 saturated carbocycles. The van der Waals surface area contributed by atoms with Gasteiger partial charge in [0.25, 0.3) is 0 Å². The van der Waals surface area contributed by atoms with Crippen molar-refractivity contribution in [1.29, 1.82) is 0 Å². The van der Waals surface area contributed by atoms with E-state index in [-0.39, 0.29) is 0 Å². The second-order valence-electron chi connectivity index (χ2n) is 4.65. The fourth-order valence-electron chi connectivity index (χ4n) is 2.72. The Morgan fingerprint density at radius 3 is 2.50 bits per heavy atom. The van der Waals surface area contributed by atoms with E-state index in [1.54, 1.807) is 0 Å². The Labute approximate surface area is 86.1 Å². The van der Waals surface area contributed by atoms with Crippen LogP contribution in [0.4, 0.5) is 0 Å². The summed E-state index contributed by atoms with van der Waals surface area (Å²) in [5.41, 5.74) is -0.501. The van der Waals surface area contributed by atoms with Crippen molar-refractivity contribution in [2.45, 2.75) is 63.1 Å². The predicted molar refractivity (Wildman–Crippen MR) is 56.8 cm³/mol. The van der Waals surface area contributed by atoms with E-state index in [0.717, 1.165) is 19.3 Å². The van der Waals surface area contributed by atoms with E-state index in [1.165, 1.54) is 12.8 Å². The molecule has 0 aromatic rings. The molecule has 14 heavy (non-hydrogen) atoms. The first kappa shape index (κ1) is 10.0. The van der Waals surface area contributed by atoms with E-state index in [0.29, 0.717) is 18.5 Å². The maximum Gasteiger partial charge on any atom is 0.0786 e. The van der Waals surface area contributed by atoms with Gasteiger partial charge in [0.2, 0.25) is 0 Å². The summed E-state index contributed by atoms with van der Waals surface area (Å²) in [5.74, 6) is 6.13. The van der Waals surface area contributed by atoms with Gasteiger partial charge in [-0.15, -0.1) is 11.8 Å². The standard InChI is InChI=1S/C12H19NO/c1-2-3-4-7-12(14)8-10-5-6-11(9-12)13-10/h10-11,13-14H,2,5-9H2,1H3. The molecule has 0 spiro atoms. The van der Waals surface area contributed by atoms with Gasteiger partial charge < -0.3 is 10.4 Å². The van der Waals surface area contributed by atoms with Crippen LogP contribution in [0.15, 0.2) is 0 Å². The van der Waals surface area contributed by atoms with E-state index >= 15 is 0 Å². The first-order valence-corrected chi connectivity index (χ1v) is 5.66. The van der Waals surface area contributed by atoms with Gasteiger partial charge in [-0.05, 0) is 25.7 Å². The van der Waals surface area contributed by atoms with Gasteiger partial charge in [0.1, 0.15) is 0 Å². The number of fused-ring (bicyclic) bond motifs is 2. The summed E-state index contributed by atoms with van der Waals surface area (Å²) >= 11 is 0. The maximum absolute atomic E-state index is 10.3. The summed E-state index contributed by atoms with van der Waals surface area (Å²) in [6, 6.07) is 1.09. The quantitative estimate of drug-likeness (QED) is 0.618. The molecular formula is C12H19NO. The summed E-state index contributed by atoms with van der Waals surface area (Å²) in [5, 5.41) is 13.9. The van der Waals surface area contributed by atoms with Crippen molar-refractivity contribution in [3.8, 4) is 11.8 Å². The number of hydrogen-bond acceptors (Lipinski definition) is 2. The molecule has 0 aromatic heterocycles. The monoisotopic (exact) mass is 193 g/mol. The van der Waals surface area contributed by atoms with Crippen LogP contribution >= 0.6 is 0 Å². The fraction of sp³-hybridized carbons (Fsp3) is 0.833. The van der Waals surface area contributed by atoms with Crippen molar-refractivity contribution >= 4 is 0 Å². The highest BCUT2D eigenvalue weighted by Crippen LogP contribution is 2.35. The summed E-state index contributed by atoms with van der Waals surface area (Å²) in [4.78, 5) is 0. The molecule has 2 atom stereocenters. The zero-order chi connectivity index (χ0) is 10.0. The number of piperidine rings is 1. The van der Waals surface area contributed by atoms with E-state index in [1.807, 2.05) is 6.92 Å². The smallest absolute Gasteiger partial charge is 0.0786 e. The summed E-state index contributed by atoms with van der Waals surface area (Å²) in [6.07, 6.45) is 5.79. The summed E-state index contributed by atoms with van der Waals surface area (Å²) < 4.78 is 0. The Kier molecular flexibility index (Phi) is 2.80. The van der Waals surface area contributed by atoms with Gasteiger partial charge in [0.05, 0.1) is 5.60 Å². The Morgan fingerprint density at radius 2 is 1.93 bits per heavy atom. The first-order valence-electron chi connectivity index (χ1n) is 5.66. The molecule has 2 saturated heterocycles. The average molecular weight is 193 g/mol. The molecule has 0 amide bonds. The third kappa shape index (κ3) is 2.10. The summed E-state index contributed by atoms with van der Waals surface area (Å²) in [6.45, 7) is 2.04. The van der Waals surface area contributed by atoms with Crippen LogP contribution in [0.3, 0.4) is 0 Å². The molecule has 2 nitrogen and oxygen atoms in total. The zero-order valence-corrected chi connectivity index (χ0v) is 8.84. The van der Waals surface area contributed by atoms with Crippen molar-refractivity contribution in [1.82, 2.24) is 5.32 Å². The number of nitrogens with one attached hydrogen (secondary N) is 1. The Hall–Kier alpha value is -0.520. The van der Waals surface area contributed by atoms with Crippen LogP contribution in [0.5, 0.6) is 0 Å². The van der Waals surface area contributed by atoms with E-state index in [4.69, 9.17) is 0 Å². The highest BCUT2D eigenvalue weighted by molar-refractivity contribution is 5.08. The lowest BCUT2D eigenvalue weighted by Gasteiger charge is -2.35. The van der Waals surface area contributed by atoms with Crippen LogP contribution in [-0.2, 0) is 0 Å². The molecule has 2 heteroatoms. The van der Waals surface area contributed by atoms with Gasteiger partial charge in [0, 0.05) is 24.9 Å². The highest BCUT2D eigenvalue weighted by atomic mass is 16.3. The number of rotatable bonds is 1. The third-order valence-electron chi connectivity index (χ3n) is 3.31. The minimum atomic E-state index is -0.501. The third-order valence-corrected chi connectivity index (χ3v) is 3.31. The van der Waals surface area contributed by atoms with Crippen molar-refractivity contribution in [3.05, 3.63) is 0 Å². The number of hydrogen-bond donors (Lipinski definition) is 2. The lowest BCUT2D eigenvalue weighted by Crippen LogP contribution is -2.48. The Balaban J connectivity index is 1.95. The van der Waals surface area contributed by atoms with Crippen molar-refractivity contribution in [2.75, 3.05) is 0 Å². The Bertz CT molecular complexity index is 251. The van der Waals surface area contributed by atoms with Gasteiger partial charge >= 0.3 is 0 Å². The molecule has 2 fully saturated rings. The van der Waals surface area contributed by atoms with Crippen LogP contribution in [0.2, 0.25) is 0 Å². The molecule has 2 aliphatic heterocycles. The summed E-state index contributed by atoms with van der Waals surface area (Å²) in [7, 11) is 0. The van der Waals surface area contributed by atoms with Gasteiger partial charge in [-0.1, -0.05) is 6.92 Å². The van der Waals surface area contributed by atoms with Crippen LogP contribution < -0.4 is 5.32 Å². The van der Waals surface area contributed by atoms with Gasteiger partial charge in [-0.3, -0.25) is 0 Å². The zero-order valence-electron chi connectivity index (χ0n) is 8.84. The molecule has 2 N–H and O–H groups in total. The van der Waals surface area contributed by atoms with Crippen LogP contribution in [0, 0.1) is 11.8 Å². The molecule has 0 aliphatic carbocycles. The van der Waals surface area contributed by atoms with E-state index in [9.17, 15) is 5.11 Å². The predicted octanol–water partition coefficient (Wildman–Crippen LogP) is 1.44. The normalized spacial score (nSPS) is 40.4. The SMILES string of the molecule is CCC#CCC1(O)CC2CCC(C1)N2. The van der Waals surface area contributed by atoms with Crippen LogP contribution in [0.25, 0.3) is 0 Å². The van der Waals surface area contributed by atoms with Gasteiger partial charge in [-0.2, -0.15) is 0 Å². The van der Waals surface area contributed by atoms with Gasteiger partial charge in [-0.25, -0.2) is 0 Å². The van der Waals surface area contributed by atoms with Crippen LogP contribution in [-0.4, -0.2) is 22.8 Å². The number of aliphatic hydroxyl groups is 1. The molecule has 2 heterocycles. The molecule has 2 rings (SSSR count). The van der Waals surface area contributed by atoms with Crippen LogP contribution in [0.1, 0.15) is 45.4 Å². The second-order valence-corrected chi connectivity index (χ2v) is 4.65.